The van der Waals surface area contributed by atoms with Crippen molar-refractivity contribution in [3.63, 3.8) is 0 Å². The van der Waals surface area contributed by atoms with E-state index in [2.05, 4.69) is 29.4 Å². The van der Waals surface area contributed by atoms with Crippen molar-refractivity contribution in [2.45, 2.75) is 46.6 Å². The number of aryl methyl sites for hydroxylation is 1. The van der Waals surface area contributed by atoms with Gasteiger partial charge in [-0.25, -0.2) is 4.79 Å². The Hall–Kier alpha value is -3.75. The molecule has 0 saturated heterocycles. The Morgan fingerprint density at radius 2 is 1.37 bits per heavy atom. The van der Waals surface area contributed by atoms with E-state index in [9.17, 15) is 14.4 Å². The third-order valence-corrected chi connectivity index (χ3v) is 7.17. The molecule has 2 N–H and O–H groups in total. The Kier molecular flexibility index (Phi) is 11.9. The summed E-state index contributed by atoms with van der Waals surface area (Å²) >= 11 is 12.6. The molecule has 41 heavy (non-hydrogen) atoms. The van der Waals surface area contributed by atoms with Crippen LogP contribution in [-0.4, -0.2) is 43.6 Å². The Bertz CT molecular complexity index is 1300. The number of anilines is 4. The number of hydrogen-bond acceptors (Lipinski definition) is 5. The predicted molar refractivity (Wildman–Crippen MR) is 167 cm³/mol. The van der Waals surface area contributed by atoms with E-state index in [4.69, 9.17) is 27.9 Å². The highest BCUT2D eigenvalue weighted by Crippen LogP contribution is 2.30. The highest BCUT2D eigenvalue weighted by atomic mass is 35.5. The molecule has 8 nitrogen and oxygen atoms in total. The van der Waals surface area contributed by atoms with Crippen LogP contribution in [0, 0.1) is 6.92 Å². The molecule has 218 valence electrons. The van der Waals surface area contributed by atoms with Crippen LogP contribution in [0.4, 0.5) is 27.5 Å². The highest BCUT2D eigenvalue weighted by Gasteiger charge is 2.39. The summed E-state index contributed by atoms with van der Waals surface area (Å²) in [5, 5.41) is 5.98. The van der Waals surface area contributed by atoms with E-state index in [1.54, 1.807) is 54.6 Å². The molecule has 3 aromatic carbocycles. The van der Waals surface area contributed by atoms with Gasteiger partial charge in [-0.1, -0.05) is 60.8 Å². The lowest BCUT2D eigenvalue weighted by Crippen LogP contribution is -2.54. The molecule has 0 atom stereocenters. The number of para-hydroxylation sites is 2. The molecule has 0 bridgehead atoms. The van der Waals surface area contributed by atoms with E-state index in [-0.39, 0.29) is 16.7 Å². The summed E-state index contributed by atoms with van der Waals surface area (Å²) in [5.74, 6) is -1.55. The van der Waals surface area contributed by atoms with Gasteiger partial charge in [-0.05, 0) is 75.2 Å². The number of nitrogens with one attached hydrogen (secondary N) is 2. The second kappa shape index (κ2) is 15.3. The summed E-state index contributed by atoms with van der Waals surface area (Å²) in [6.45, 7) is 9.62. The maximum absolute atomic E-state index is 13.9. The van der Waals surface area contributed by atoms with Crippen LogP contribution in [0.25, 0.3) is 0 Å². The minimum atomic E-state index is -1.67. The van der Waals surface area contributed by atoms with Gasteiger partial charge < -0.3 is 20.3 Å². The average Bonchev–Trinajstić information content (AvgIpc) is 2.95. The molecule has 0 saturated carbocycles. The number of amides is 3. The van der Waals surface area contributed by atoms with Crippen molar-refractivity contribution in [1.29, 1.82) is 0 Å². The van der Waals surface area contributed by atoms with Crippen LogP contribution in [0.15, 0.2) is 66.7 Å². The lowest BCUT2D eigenvalue weighted by molar-refractivity contribution is -0.125. The molecule has 0 unspecified atom stereocenters. The Balaban J connectivity index is 2.13. The minimum Gasteiger partial charge on any atom is -0.449 e. The third kappa shape index (κ3) is 8.15. The Labute approximate surface area is 251 Å². The lowest BCUT2D eigenvalue weighted by Gasteiger charge is -2.31. The second-order valence-electron chi connectivity index (χ2n) is 9.32. The zero-order valence-corrected chi connectivity index (χ0v) is 25.3. The van der Waals surface area contributed by atoms with Crippen LogP contribution in [0.3, 0.4) is 0 Å². The number of benzene rings is 3. The Morgan fingerprint density at radius 3 is 1.83 bits per heavy atom. The zero-order chi connectivity index (χ0) is 29.9. The number of nitrogens with zero attached hydrogens (tertiary/aromatic N) is 2. The van der Waals surface area contributed by atoms with E-state index in [1.807, 2.05) is 26.0 Å². The van der Waals surface area contributed by atoms with Crippen molar-refractivity contribution in [3.05, 3.63) is 82.3 Å². The molecule has 3 amide bonds. The third-order valence-electron chi connectivity index (χ3n) is 6.51. The van der Waals surface area contributed by atoms with Crippen molar-refractivity contribution in [3.8, 4) is 0 Å². The maximum Gasteiger partial charge on any atom is 0.415 e. The smallest absolute Gasteiger partial charge is 0.415 e. The first kappa shape index (κ1) is 31.8. The molecular formula is C31H36Cl2N4O4. The number of ether oxygens (including phenoxy) is 1. The SMILES string of the molecule is CCCCOC(=O)N(c1ccc(N(CC)CC)cc1C)C(C(=O)Nc1ccccc1Cl)C(=O)Nc1ccccc1Cl. The van der Waals surface area contributed by atoms with Gasteiger partial charge in [0.25, 0.3) is 11.8 Å². The fourth-order valence-electron chi connectivity index (χ4n) is 4.29. The number of halogens is 2. The fourth-order valence-corrected chi connectivity index (χ4v) is 4.66. The van der Waals surface area contributed by atoms with E-state index in [1.165, 1.54) is 0 Å². The summed E-state index contributed by atoms with van der Waals surface area (Å²) in [6, 6.07) is 17.1. The first-order valence-corrected chi connectivity index (χ1v) is 14.4. The molecule has 0 fully saturated rings. The predicted octanol–water partition coefficient (Wildman–Crippen LogP) is 7.54. The first-order valence-electron chi connectivity index (χ1n) is 13.6. The van der Waals surface area contributed by atoms with Gasteiger partial charge in [0.1, 0.15) is 0 Å². The molecule has 0 aliphatic carbocycles. The molecule has 3 aromatic rings. The Morgan fingerprint density at radius 1 is 0.829 bits per heavy atom. The largest absolute Gasteiger partial charge is 0.449 e. The van der Waals surface area contributed by atoms with Gasteiger partial charge >= 0.3 is 6.09 Å². The molecule has 10 heteroatoms. The van der Waals surface area contributed by atoms with Crippen LogP contribution in [0.5, 0.6) is 0 Å². The molecule has 0 aromatic heterocycles. The van der Waals surface area contributed by atoms with Gasteiger partial charge in [-0.15, -0.1) is 0 Å². The van der Waals surface area contributed by atoms with Crippen LogP contribution >= 0.6 is 23.2 Å². The molecule has 0 spiro atoms. The molecule has 0 heterocycles. The van der Waals surface area contributed by atoms with Crippen molar-refractivity contribution >= 4 is 63.9 Å². The molecule has 0 aliphatic rings. The van der Waals surface area contributed by atoms with Crippen molar-refractivity contribution in [2.24, 2.45) is 0 Å². The van der Waals surface area contributed by atoms with Crippen LogP contribution < -0.4 is 20.4 Å². The monoisotopic (exact) mass is 598 g/mol. The number of rotatable bonds is 12. The van der Waals surface area contributed by atoms with Gasteiger partial charge in [0.15, 0.2) is 6.04 Å². The van der Waals surface area contributed by atoms with Gasteiger partial charge in [-0.3, -0.25) is 14.5 Å². The second-order valence-corrected chi connectivity index (χ2v) is 10.1. The van der Waals surface area contributed by atoms with Crippen LogP contribution in [0.2, 0.25) is 10.0 Å². The van der Waals surface area contributed by atoms with E-state index >= 15 is 0 Å². The van der Waals surface area contributed by atoms with Gasteiger partial charge in [-0.2, -0.15) is 0 Å². The lowest BCUT2D eigenvalue weighted by atomic mass is 10.1. The summed E-state index contributed by atoms with van der Waals surface area (Å²) in [4.78, 5) is 44.7. The standard InChI is InChI=1S/C31H36Cl2N4O4/c1-5-8-19-41-31(40)37(27-18-17-22(20-21(27)4)36(6-2)7-3)28(29(38)34-25-15-11-9-13-23(25)32)30(39)35-26-16-12-10-14-24(26)33/h9-18,20,28H,5-8,19H2,1-4H3,(H,34,38)(H,35,39). The summed E-state index contributed by atoms with van der Waals surface area (Å²) in [6.07, 6.45) is 0.599. The van der Waals surface area contributed by atoms with Gasteiger partial charge in [0, 0.05) is 18.8 Å². The summed E-state index contributed by atoms with van der Waals surface area (Å²) in [5.41, 5.74) is 2.58. The van der Waals surface area contributed by atoms with Gasteiger partial charge in [0.2, 0.25) is 0 Å². The first-order chi connectivity index (χ1) is 19.7. The van der Waals surface area contributed by atoms with Crippen molar-refractivity contribution < 1.29 is 19.1 Å². The van der Waals surface area contributed by atoms with E-state index in [0.29, 0.717) is 29.0 Å². The average molecular weight is 600 g/mol. The summed E-state index contributed by atoms with van der Waals surface area (Å²) < 4.78 is 5.57. The molecular weight excluding hydrogens is 563 g/mol. The molecule has 0 radical (unpaired) electrons. The number of hydrogen-bond donors (Lipinski definition) is 2. The topological polar surface area (TPSA) is 91.0 Å². The van der Waals surface area contributed by atoms with Crippen LogP contribution in [0.1, 0.15) is 39.2 Å². The van der Waals surface area contributed by atoms with Crippen molar-refractivity contribution in [1.82, 2.24) is 0 Å². The highest BCUT2D eigenvalue weighted by molar-refractivity contribution is 6.35. The fraction of sp³-hybridized carbons (Fsp3) is 0.323. The summed E-state index contributed by atoms with van der Waals surface area (Å²) in [7, 11) is 0. The van der Waals surface area contributed by atoms with Crippen LogP contribution in [-0.2, 0) is 14.3 Å². The zero-order valence-electron chi connectivity index (χ0n) is 23.7. The number of carbonyl (C=O) groups excluding carboxylic acids is 3. The number of unbranched alkanes of at least 4 members (excludes halogenated alkanes) is 1. The quantitative estimate of drug-likeness (QED) is 0.166. The molecule has 3 rings (SSSR count). The van der Waals surface area contributed by atoms with Gasteiger partial charge in [0.05, 0.1) is 33.7 Å². The number of carbonyl (C=O) groups is 3. The minimum absolute atomic E-state index is 0.132. The molecule has 0 aliphatic heterocycles. The van der Waals surface area contributed by atoms with Crippen molar-refractivity contribution in [2.75, 3.05) is 40.1 Å². The van der Waals surface area contributed by atoms with E-state index < -0.39 is 23.9 Å². The maximum atomic E-state index is 13.9. The van der Waals surface area contributed by atoms with E-state index in [0.717, 1.165) is 30.1 Å². The normalized spacial score (nSPS) is 10.7.